The molecule has 7 fully saturated rings. The van der Waals surface area contributed by atoms with Crippen LogP contribution in [0.2, 0.25) is 0 Å². The Morgan fingerprint density at radius 2 is 1.06 bits per heavy atom. The predicted molar refractivity (Wildman–Crippen MR) is 205 cm³/mol. The van der Waals surface area contributed by atoms with Crippen LogP contribution in [0.1, 0.15) is 131 Å². The molecule has 2 heterocycles. The highest BCUT2D eigenvalue weighted by Gasteiger charge is 2.56. The highest BCUT2D eigenvalue weighted by Crippen LogP contribution is 2.58. The number of piperidine rings is 2. The van der Waals surface area contributed by atoms with Crippen LogP contribution in [0.5, 0.6) is 11.5 Å². The zero-order chi connectivity index (χ0) is 35.3. The molecule has 0 radical (unpaired) electrons. The van der Waals surface area contributed by atoms with E-state index in [2.05, 4.69) is 34.1 Å². The van der Waals surface area contributed by atoms with Gasteiger partial charge in [0.05, 0.1) is 11.8 Å². The van der Waals surface area contributed by atoms with E-state index in [4.69, 9.17) is 9.47 Å². The summed E-state index contributed by atoms with van der Waals surface area (Å²) >= 11 is 0. The monoisotopic (exact) mass is 716 g/mol. The fraction of sp³-hybridized carbons (Fsp3) is 0.702. The van der Waals surface area contributed by atoms with E-state index in [-0.39, 0.29) is 22.8 Å². The number of esters is 2. The van der Waals surface area contributed by atoms with Gasteiger partial charge in [0, 0.05) is 36.0 Å². The number of rotatable bonds is 8. The molecule has 0 unspecified atom stereocenters. The average molecular weight is 717 g/mol. The SMILES string of the molecule is O=C(Oc1ccc2c(c1)[C@@]13CCCC[C@H]1[C@@H](C2)N(CC1CCC1)CC3)[C@H]1C[C@H]1C(=O)Oc1ccc2c(c1)[C@@]13CCCC[C@H]1[C@@H](C2)N(CC1CCC1)CC3. The van der Waals surface area contributed by atoms with Gasteiger partial charge in [0.15, 0.2) is 0 Å². The topological polar surface area (TPSA) is 59.1 Å². The first-order valence-electron chi connectivity index (χ1n) is 22.2. The van der Waals surface area contributed by atoms with Crippen molar-refractivity contribution in [3.05, 3.63) is 58.7 Å². The zero-order valence-corrected chi connectivity index (χ0v) is 31.9. The van der Waals surface area contributed by atoms with Crippen LogP contribution in [0.15, 0.2) is 36.4 Å². The maximum atomic E-state index is 13.5. The van der Waals surface area contributed by atoms with Gasteiger partial charge < -0.3 is 9.47 Å². The number of hydrogen-bond acceptors (Lipinski definition) is 6. The Kier molecular flexibility index (Phi) is 8.20. The summed E-state index contributed by atoms with van der Waals surface area (Å²) in [5, 5.41) is 0. The molecule has 11 rings (SSSR count). The molecular formula is C47H60N2O4. The summed E-state index contributed by atoms with van der Waals surface area (Å²) in [6.07, 6.45) is 24.2. The Labute approximate surface area is 316 Å². The van der Waals surface area contributed by atoms with Crippen LogP contribution in [-0.2, 0) is 33.3 Å². The molecule has 0 N–H and O–H groups in total. The molecule has 53 heavy (non-hydrogen) atoms. The second-order valence-corrected chi connectivity index (χ2v) is 19.6. The lowest BCUT2D eigenvalue weighted by Gasteiger charge is -2.59. The smallest absolute Gasteiger partial charge is 0.315 e. The van der Waals surface area contributed by atoms with Crippen molar-refractivity contribution >= 4 is 11.9 Å². The van der Waals surface area contributed by atoms with E-state index in [0.29, 0.717) is 41.8 Å². The van der Waals surface area contributed by atoms with Crippen molar-refractivity contribution in [2.75, 3.05) is 26.2 Å². The quantitative estimate of drug-likeness (QED) is 0.202. The van der Waals surface area contributed by atoms with Crippen LogP contribution in [0.4, 0.5) is 0 Å². The van der Waals surface area contributed by atoms with Crippen molar-refractivity contribution in [2.24, 2.45) is 35.5 Å². The highest BCUT2D eigenvalue weighted by atomic mass is 16.5. The standard InChI is InChI=1S/C47H60N2O4/c50-44(52-34-15-13-32-23-42-38-11-1-3-17-46(38,40(32)25-34)19-21-48(42)28-30-7-5-8-30)36-27-37(36)45(51)53-35-16-14-33-24-43-39-12-2-4-18-47(39,41(33)26-35)20-22-49(43)29-31-9-6-10-31/h13-16,25-26,30-31,36-39,42-43H,1-12,17-24,27-29H2/t36-,37+,38-,39-,42+,43+,46+,47+/m0/s1. The molecule has 282 valence electrons. The van der Waals surface area contributed by atoms with Gasteiger partial charge in [-0.25, -0.2) is 0 Å². The molecule has 8 atom stereocenters. The lowest BCUT2D eigenvalue weighted by molar-refractivity contribution is -0.141. The summed E-state index contributed by atoms with van der Waals surface area (Å²) in [5.41, 5.74) is 6.31. The number of carbonyl (C=O) groups is 2. The largest absolute Gasteiger partial charge is 0.426 e. The lowest BCUT2D eigenvalue weighted by atomic mass is 9.52. The van der Waals surface area contributed by atoms with Gasteiger partial charge in [0.25, 0.3) is 0 Å². The zero-order valence-electron chi connectivity index (χ0n) is 31.9. The molecule has 0 aromatic heterocycles. The third-order valence-corrected chi connectivity index (χ3v) is 17.1. The first-order chi connectivity index (χ1) is 26.0. The highest BCUT2D eigenvalue weighted by molar-refractivity contribution is 5.89. The predicted octanol–water partition coefficient (Wildman–Crippen LogP) is 8.55. The molecular weight excluding hydrogens is 657 g/mol. The van der Waals surface area contributed by atoms with Crippen LogP contribution in [-0.4, -0.2) is 60.0 Å². The number of fused-ring (bicyclic) bond motifs is 2. The summed E-state index contributed by atoms with van der Waals surface area (Å²) in [7, 11) is 0. The molecule has 4 bridgehead atoms. The Hall–Kier alpha value is -2.70. The third kappa shape index (κ3) is 5.52. The normalized spacial score (nSPS) is 37.5. The molecule has 2 saturated heterocycles. The molecule has 2 aromatic rings. The van der Waals surface area contributed by atoms with E-state index in [1.54, 1.807) is 0 Å². The number of carbonyl (C=O) groups excluding carboxylic acids is 2. The van der Waals surface area contributed by atoms with Gasteiger partial charge in [-0.15, -0.1) is 0 Å². The number of ether oxygens (including phenoxy) is 2. The maximum Gasteiger partial charge on any atom is 0.315 e. The van der Waals surface area contributed by atoms with Gasteiger partial charge in [0.2, 0.25) is 0 Å². The summed E-state index contributed by atoms with van der Waals surface area (Å²) in [6.45, 7) is 5.00. The summed E-state index contributed by atoms with van der Waals surface area (Å²) in [6, 6.07) is 14.3. The van der Waals surface area contributed by atoms with Crippen LogP contribution >= 0.6 is 0 Å². The van der Waals surface area contributed by atoms with E-state index >= 15 is 0 Å². The van der Waals surface area contributed by atoms with E-state index in [1.165, 1.54) is 151 Å². The molecule has 7 aliphatic carbocycles. The van der Waals surface area contributed by atoms with Crippen LogP contribution in [0.25, 0.3) is 0 Å². The lowest BCUT2D eigenvalue weighted by Crippen LogP contribution is -2.61. The molecule has 2 aromatic carbocycles. The van der Waals surface area contributed by atoms with Gasteiger partial charge in [-0.2, -0.15) is 0 Å². The summed E-state index contributed by atoms with van der Waals surface area (Å²) in [4.78, 5) is 32.8. The number of likely N-dealkylation sites (tertiary alicyclic amines) is 2. The first kappa shape index (κ1) is 33.6. The van der Waals surface area contributed by atoms with E-state index in [0.717, 1.165) is 24.7 Å². The Bertz CT molecular complexity index is 1650. The van der Waals surface area contributed by atoms with Crippen molar-refractivity contribution in [1.82, 2.24) is 9.80 Å². The summed E-state index contributed by atoms with van der Waals surface area (Å²) < 4.78 is 12.2. The van der Waals surface area contributed by atoms with Crippen molar-refractivity contribution < 1.29 is 19.1 Å². The molecule has 5 saturated carbocycles. The second-order valence-electron chi connectivity index (χ2n) is 19.6. The molecule has 9 aliphatic rings. The maximum absolute atomic E-state index is 13.5. The van der Waals surface area contributed by atoms with Gasteiger partial charge in [0.1, 0.15) is 11.5 Å². The fourth-order valence-electron chi connectivity index (χ4n) is 13.8. The Balaban J connectivity index is 0.763. The number of benzene rings is 2. The molecule has 0 spiro atoms. The van der Waals surface area contributed by atoms with Gasteiger partial charge in [-0.05, 0) is 167 Å². The minimum absolute atomic E-state index is 0.223. The first-order valence-corrected chi connectivity index (χ1v) is 22.2. The van der Waals surface area contributed by atoms with E-state index < -0.39 is 11.8 Å². The molecule has 0 amide bonds. The third-order valence-electron chi connectivity index (χ3n) is 17.1. The van der Waals surface area contributed by atoms with Gasteiger partial charge in [-0.3, -0.25) is 19.4 Å². The second kappa shape index (κ2) is 12.9. The van der Waals surface area contributed by atoms with Crippen molar-refractivity contribution in [2.45, 2.75) is 145 Å². The van der Waals surface area contributed by atoms with Gasteiger partial charge >= 0.3 is 11.9 Å². The number of nitrogens with zero attached hydrogens (tertiary/aromatic N) is 2. The van der Waals surface area contributed by atoms with E-state index in [9.17, 15) is 9.59 Å². The molecule has 6 heteroatoms. The minimum Gasteiger partial charge on any atom is -0.426 e. The van der Waals surface area contributed by atoms with Crippen LogP contribution in [0.3, 0.4) is 0 Å². The number of hydrogen-bond donors (Lipinski definition) is 0. The fourth-order valence-corrected chi connectivity index (χ4v) is 13.8. The Morgan fingerprint density at radius 3 is 1.49 bits per heavy atom. The van der Waals surface area contributed by atoms with Crippen molar-refractivity contribution in [3.63, 3.8) is 0 Å². The van der Waals surface area contributed by atoms with Crippen LogP contribution < -0.4 is 9.47 Å². The van der Waals surface area contributed by atoms with Gasteiger partial charge in [-0.1, -0.05) is 50.7 Å². The molecule has 2 aliphatic heterocycles. The Morgan fingerprint density at radius 1 is 0.585 bits per heavy atom. The minimum atomic E-state index is -0.419. The molecule has 6 nitrogen and oxygen atoms in total. The van der Waals surface area contributed by atoms with Crippen molar-refractivity contribution in [1.29, 1.82) is 0 Å². The average Bonchev–Trinajstić information content (AvgIpc) is 3.95. The van der Waals surface area contributed by atoms with Crippen LogP contribution in [0, 0.1) is 35.5 Å². The van der Waals surface area contributed by atoms with E-state index in [1.807, 2.05) is 12.1 Å². The summed E-state index contributed by atoms with van der Waals surface area (Å²) in [5.74, 6) is 3.18. The van der Waals surface area contributed by atoms with Crippen molar-refractivity contribution in [3.8, 4) is 11.5 Å².